The smallest absolute Gasteiger partial charge is 0.407 e. The van der Waals surface area contributed by atoms with Crippen molar-refractivity contribution in [3.8, 4) is 39.3 Å². The maximum absolute atomic E-state index is 13.7. The summed E-state index contributed by atoms with van der Waals surface area (Å²) in [5.74, 6) is 1.52. The number of fused-ring (bicyclic) bond motifs is 4. The van der Waals surface area contributed by atoms with E-state index in [-0.39, 0.29) is 29.7 Å². The summed E-state index contributed by atoms with van der Waals surface area (Å²) in [5.41, 5.74) is 7.87. The zero-order valence-corrected chi connectivity index (χ0v) is 34.8. The van der Waals surface area contributed by atoms with Gasteiger partial charge < -0.3 is 45.0 Å². The van der Waals surface area contributed by atoms with E-state index >= 15 is 0 Å². The SMILES string of the molecule is COC(=O)NC(C(=O)NC1(c2nc3ccc(-c4ccc(-c5ccc6c(c5)OCCc5[nH]c([C@@H]7CCCN7C(=O)[C@@H](NC(=O)OC)C(C)C)nc5-6)cc4)cc3[nH]2)CC1)C(C)C. The molecule has 3 aromatic carbocycles. The number of rotatable bonds is 11. The standard InChI is InChI=1S/C45H52N8O7/c1-24(2)36(50-43(56)58-5)40(54)52-45(18-19-45)42-47-31-16-14-28(22-33(31)48-42)26-9-11-27(12-10-26)29-13-15-30-35(23-29)60-21-17-32-38(30)49-39(46-32)34-8-7-20-53(34)41(55)37(25(3)4)51-44(57)59-6/h9-16,22-25,34,36-37H,7-8,17-21H2,1-6H3,(H,46,49)(H,47,48)(H,50,56)(H,51,57)(H,52,54)/t34-,36?,37-/m0/s1. The monoisotopic (exact) mass is 816 g/mol. The number of aromatic nitrogens is 4. The first-order valence-corrected chi connectivity index (χ1v) is 20.7. The molecular formula is C45H52N8O7. The summed E-state index contributed by atoms with van der Waals surface area (Å²) in [7, 11) is 2.57. The van der Waals surface area contributed by atoms with Gasteiger partial charge in [0.05, 0.1) is 49.1 Å². The topological polar surface area (TPSA) is 193 Å². The van der Waals surface area contributed by atoms with Crippen LogP contribution in [0.1, 0.15) is 76.8 Å². The third-order valence-electron chi connectivity index (χ3n) is 11.9. The van der Waals surface area contributed by atoms with E-state index in [2.05, 4.69) is 74.4 Å². The molecule has 15 nitrogen and oxygen atoms in total. The molecule has 1 saturated heterocycles. The number of H-pyrrole nitrogens is 2. The minimum Gasteiger partial charge on any atom is -0.492 e. The van der Waals surface area contributed by atoms with Gasteiger partial charge in [-0.25, -0.2) is 19.6 Å². The van der Waals surface area contributed by atoms with Gasteiger partial charge >= 0.3 is 12.2 Å². The Hall–Kier alpha value is -6.38. The number of carbonyl (C=O) groups excluding carboxylic acids is 4. The lowest BCUT2D eigenvalue weighted by Crippen LogP contribution is -2.52. The van der Waals surface area contributed by atoms with E-state index in [1.807, 2.05) is 44.7 Å². The van der Waals surface area contributed by atoms with Crippen LogP contribution in [-0.4, -0.2) is 88.3 Å². The molecule has 3 atom stereocenters. The molecule has 1 aliphatic carbocycles. The normalized spacial score (nSPS) is 17.5. The molecule has 3 aliphatic rings. The molecule has 0 bridgehead atoms. The predicted molar refractivity (Wildman–Crippen MR) is 225 cm³/mol. The fourth-order valence-electron chi connectivity index (χ4n) is 8.32. The maximum Gasteiger partial charge on any atom is 0.407 e. The van der Waals surface area contributed by atoms with Crippen LogP contribution >= 0.6 is 0 Å². The Balaban J connectivity index is 0.978. The molecule has 8 rings (SSSR count). The van der Waals surface area contributed by atoms with Crippen molar-refractivity contribution in [2.24, 2.45) is 11.8 Å². The van der Waals surface area contributed by atoms with Crippen LogP contribution in [0.25, 0.3) is 44.5 Å². The third-order valence-corrected chi connectivity index (χ3v) is 11.9. The molecule has 2 aliphatic heterocycles. The highest BCUT2D eigenvalue weighted by Crippen LogP contribution is 2.45. The lowest BCUT2D eigenvalue weighted by atomic mass is 9.98. The van der Waals surface area contributed by atoms with Gasteiger partial charge in [-0.1, -0.05) is 64.1 Å². The summed E-state index contributed by atoms with van der Waals surface area (Å²) >= 11 is 0. The molecular weight excluding hydrogens is 765 g/mol. The van der Waals surface area contributed by atoms with Crippen LogP contribution in [0.4, 0.5) is 9.59 Å². The molecule has 1 unspecified atom stereocenters. The molecule has 4 amide bonds. The maximum atomic E-state index is 13.7. The van der Waals surface area contributed by atoms with Gasteiger partial charge in [-0.3, -0.25) is 9.59 Å². The second-order valence-corrected chi connectivity index (χ2v) is 16.6. The Morgan fingerprint density at radius 1 is 0.817 bits per heavy atom. The van der Waals surface area contributed by atoms with Gasteiger partial charge in [0.15, 0.2) is 0 Å². The van der Waals surface area contributed by atoms with Crippen LogP contribution in [0.5, 0.6) is 5.75 Å². The Morgan fingerprint density at radius 3 is 2.10 bits per heavy atom. The molecule has 0 spiro atoms. The number of ether oxygens (including phenoxy) is 3. The van der Waals surface area contributed by atoms with E-state index in [0.717, 1.165) is 87.5 Å². The Kier molecular flexibility index (Phi) is 11.0. The van der Waals surface area contributed by atoms with E-state index in [1.54, 1.807) is 0 Å². The summed E-state index contributed by atoms with van der Waals surface area (Å²) in [6, 6.07) is 19.0. The molecule has 15 heteroatoms. The number of nitrogens with zero attached hydrogens (tertiary/aromatic N) is 3. The first-order chi connectivity index (χ1) is 28.9. The Labute approximate surface area is 348 Å². The average molecular weight is 817 g/mol. The van der Waals surface area contributed by atoms with Crippen LogP contribution in [0.3, 0.4) is 0 Å². The van der Waals surface area contributed by atoms with Gasteiger partial charge in [-0.15, -0.1) is 0 Å². The summed E-state index contributed by atoms with van der Waals surface area (Å²) in [4.78, 5) is 69.7. The van der Waals surface area contributed by atoms with Gasteiger partial charge in [0.25, 0.3) is 0 Å². The number of carbonyl (C=O) groups is 4. The summed E-state index contributed by atoms with van der Waals surface area (Å²) < 4.78 is 15.8. The largest absolute Gasteiger partial charge is 0.492 e. The molecule has 60 heavy (non-hydrogen) atoms. The number of hydrogen-bond donors (Lipinski definition) is 5. The van der Waals surface area contributed by atoms with Crippen LogP contribution in [0, 0.1) is 11.8 Å². The summed E-state index contributed by atoms with van der Waals surface area (Å²) in [5, 5.41) is 8.50. The van der Waals surface area contributed by atoms with E-state index in [4.69, 9.17) is 24.2 Å². The number of hydrogen-bond acceptors (Lipinski definition) is 9. The molecule has 4 heterocycles. The Bertz CT molecular complexity index is 2430. The number of methoxy groups -OCH3 is 2. The number of benzene rings is 3. The minimum atomic E-state index is -0.735. The van der Waals surface area contributed by atoms with E-state index in [1.165, 1.54) is 14.2 Å². The Morgan fingerprint density at radius 2 is 1.45 bits per heavy atom. The van der Waals surface area contributed by atoms with E-state index in [9.17, 15) is 19.2 Å². The first kappa shape index (κ1) is 40.4. The fraction of sp³-hybridized carbons (Fsp3) is 0.422. The molecule has 0 radical (unpaired) electrons. The van der Waals surface area contributed by atoms with Crippen LogP contribution in [-0.2, 0) is 31.0 Å². The third kappa shape index (κ3) is 7.87. The zero-order valence-electron chi connectivity index (χ0n) is 34.8. The number of nitrogens with one attached hydrogen (secondary N) is 5. The van der Waals surface area contributed by atoms with E-state index < -0.39 is 29.8 Å². The predicted octanol–water partition coefficient (Wildman–Crippen LogP) is 6.75. The van der Waals surface area contributed by atoms with Crippen molar-refractivity contribution in [2.45, 2.75) is 83.5 Å². The highest BCUT2D eigenvalue weighted by atomic mass is 16.5. The van der Waals surface area contributed by atoms with E-state index in [0.29, 0.717) is 25.4 Å². The van der Waals surface area contributed by atoms with Crippen molar-refractivity contribution in [1.29, 1.82) is 0 Å². The van der Waals surface area contributed by atoms with Crippen LogP contribution in [0.2, 0.25) is 0 Å². The quantitative estimate of drug-likeness (QED) is 0.0959. The van der Waals surface area contributed by atoms with Crippen molar-refractivity contribution in [3.63, 3.8) is 0 Å². The highest BCUT2D eigenvalue weighted by Gasteiger charge is 2.49. The van der Waals surface area contributed by atoms with Gasteiger partial charge in [-0.05, 0) is 84.0 Å². The van der Waals surface area contributed by atoms with Crippen molar-refractivity contribution in [1.82, 2.24) is 40.8 Å². The number of aromatic amines is 2. The molecule has 1 saturated carbocycles. The minimum absolute atomic E-state index is 0.117. The molecule has 5 N–H and O–H groups in total. The fourth-order valence-corrected chi connectivity index (χ4v) is 8.32. The van der Waals surface area contributed by atoms with Crippen molar-refractivity contribution < 1.29 is 33.4 Å². The number of alkyl carbamates (subject to hydrolysis) is 2. The molecule has 5 aromatic rings. The van der Waals surface area contributed by atoms with Crippen LogP contribution < -0.4 is 20.7 Å². The lowest BCUT2D eigenvalue weighted by molar-refractivity contribution is -0.135. The molecule has 2 fully saturated rings. The summed E-state index contributed by atoms with van der Waals surface area (Å²) in [6.07, 6.45) is 2.47. The highest BCUT2D eigenvalue weighted by molar-refractivity contribution is 5.88. The number of amides is 4. The van der Waals surface area contributed by atoms with Crippen molar-refractivity contribution in [3.05, 3.63) is 78.0 Å². The van der Waals surface area contributed by atoms with Gasteiger partial charge in [-0.2, -0.15) is 0 Å². The molecule has 2 aromatic heterocycles. The lowest BCUT2D eigenvalue weighted by Gasteiger charge is -2.30. The number of imidazole rings is 2. The van der Waals surface area contributed by atoms with Crippen molar-refractivity contribution in [2.75, 3.05) is 27.4 Å². The summed E-state index contributed by atoms with van der Waals surface area (Å²) in [6.45, 7) is 8.62. The van der Waals surface area contributed by atoms with Gasteiger partial charge in [0.1, 0.15) is 29.5 Å². The van der Waals surface area contributed by atoms with Gasteiger partial charge in [0, 0.05) is 24.2 Å². The average Bonchev–Trinajstić information content (AvgIpc) is 3.53. The number of likely N-dealkylation sites (tertiary alicyclic amines) is 1. The van der Waals surface area contributed by atoms with Crippen LogP contribution in [0.15, 0.2) is 60.7 Å². The van der Waals surface area contributed by atoms with Crippen molar-refractivity contribution >= 4 is 35.0 Å². The zero-order chi connectivity index (χ0) is 42.3. The first-order valence-electron chi connectivity index (χ1n) is 20.7. The van der Waals surface area contributed by atoms with Gasteiger partial charge in [0.2, 0.25) is 11.8 Å². The second-order valence-electron chi connectivity index (χ2n) is 16.6. The second kappa shape index (κ2) is 16.3. The molecule has 314 valence electrons.